The molecule has 5 nitrogen and oxygen atoms in total. The van der Waals surface area contributed by atoms with Crippen LogP contribution in [0.2, 0.25) is 0 Å². The van der Waals surface area contributed by atoms with Gasteiger partial charge in [0.25, 0.3) is 0 Å². The van der Waals surface area contributed by atoms with Crippen LogP contribution in [-0.4, -0.2) is 46.1 Å². The Hall–Kier alpha value is -0.650. The first-order valence-electron chi connectivity index (χ1n) is 4.15. The number of nitrogens with one attached hydrogen (secondary N) is 1. The summed E-state index contributed by atoms with van der Waals surface area (Å²) in [5.41, 5.74) is -0.811. The maximum atomic E-state index is 10.3. The van der Waals surface area contributed by atoms with Gasteiger partial charge in [-0.25, -0.2) is 0 Å². The minimum Gasteiger partial charge on any atom is -0.481 e. The molecule has 0 saturated heterocycles. The summed E-state index contributed by atoms with van der Waals surface area (Å²) < 4.78 is 0. The largest absolute Gasteiger partial charge is 0.481 e. The maximum absolute atomic E-state index is 10.3. The smallest absolute Gasteiger partial charge is 0.304 e. The van der Waals surface area contributed by atoms with E-state index in [1.807, 2.05) is 0 Å². The Kier molecular flexibility index (Phi) is 4.90. The van der Waals surface area contributed by atoms with Crippen molar-refractivity contribution < 1.29 is 20.1 Å². The van der Waals surface area contributed by atoms with E-state index < -0.39 is 11.5 Å². The fraction of sp³-hybridized carbons (Fsp3) is 0.875. The predicted octanol–water partition coefficient (Wildman–Crippen LogP) is -0.817. The van der Waals surface area contributed by atoms with Crippen molar-refractivity contribution in [3.05, 3.63) is 0 Å². The number of hydrogen-bond acceptors (Lipinski definition) is 4. The van der Waals surface area contributed by atoms with Crippen LogP contribution in [0, 0.1) is 0 Å². The molecule has 0 bridgehead atoms. The molecule has 0 amide bonds. The van der Waals surface area contributed by atoms with Crippen LogP contribution in [0.3, 0.4) is 0 Å². The number of carbonyl (C=O) groups is 1. The highest BCUT2D eigenvalue weighted by Gasteiger charge is 2.24. The van der Waals surface area contributed by atoms with Gasteiger partial charge < -0.3 is 20.6 Å². The van der Waals surface area contributed by atoms with E-state index in [0.29, 0.717) is 0 Å². The Morgan fingerprint density at radius 3 is 2.23 bits per heavy atom. The molecule has 0 spiro atoms. The molecule has 0 aliphatic heterocycles. The number of carboxylic acid groups (broad SMARTS) is 1. The molecule has 0 heterocycles. The normalized spacial score (nSPS) is 14.2. The molecule has 13 heavy (non-hydrogen) atoms. The Labute approximate surface area is 77.4 Å². The molecule has 0 aromatic rings. The lowest BCUT2D eigenvalue weighted by Crippen LogP contribution is -2.53. The minimum absolute atomic E-state index is 0.0322. The van der Waals surface area contributed by atoms with Gasteiger partial charge in [-0.3, -0.25) is 4.79 Å². The summed E-state index contributed by atoms with van der Waals surface area (Å²) in [6.45, 7) is 2.87. The van der Waals surface area contributed by atoms with Crippen molar-refractivity contribution in [1.29, 1.82) is 0 Å². The molecule has 1 atom stereocenters. The Morgan fingerprint density at radius 2 is 1.92 bits per heavy atom. The van der Waals surface area contributed by atoms with E-state index in [-0.39, 0.29) is 25.7 Å². The van der Waals surface area contributed by atoms with Crippen LogP contribution in [0.4, 0.5) is 0 Å². The van der Waals surface area contributed by atoms with Crippen LogP contribution in [0.15, 0.2) is 0 Å². The Morgan fingerprint density at radius 1 is 1.46 bits per heavy atom. The molecule has 0 aliphatic carbocycles. The molecule has 0 saturated carbocycles. The monoisotopic (exact) mass is 191 g/mol. The zero-order valence-electron chi connectivity index (χ0n) is 7.95. The molecular weight excluding hydrogens is 174 g/mol. The first-order valence-corrected chi connectivity index (χ1v) is 4.15. The average molecular weight is 191 g/mol. The van der Waals surface area contributed by atoms with Gasteiger partial charge in [0, 0.05) is 6.04 Å². The van der Waals surface area contributed by atoms with Crippen LogP contribution in [0.5, 0.6) is 0 Å². The van der Waals surface area contributed by atoms with E-state index in [1.54, 1.807) is 13.8 Å². The highest BCUT2D eigenvalue weighted by Crippen LogP contribution is 2.04. The summed E-state index contributed by atoms with van der Waals surface area (Å²) in [6, 6.07) is -0.276. The van der Waals surface area contributed by atoms with Crippen LogP contribution in [0.1, 0.15) is 20.3 Å². The summed E-state index contributed by atoms with van der Waals surface area (Å²) in [4.78, 5) is 10.3. The lowest BCUT2D eigenvalue weighted by Gasteiger charge is -2.29. The summed E-state index contributed by atoms with van der Waals surface area (Å²) in [5, 5.41) is 29.1. The Balaban J connectivity index is 4.01. The van der Waals surface area contributed by atoms with Crippen LogP contribution in [-0.2, 0) is 4.79 Å². The molecule has 0 rings (SSSR count). The average Bonchev–Trinajstić information content (AvgIpc) is 2.02. The van der Waals surface area contributed by atoms with E-state index in [0.717, 1.165) is 0 Å². The van der Waals surface area contributed by atoms with Gasteiger partial charge >= 0.3 is 5.97 Å². The minimum atomic E-state index is -0.904. The quantitative estimate of drug-likeness (QED) is 0.440. The standard InChI is InChI=1S/C8H17NO4/c1-6(3-7(12)13)9-8(2,4-10)5-11/h6,9-11H,3-5H2,1-2H3,(H,12,13). The Bertz CT molecular complexity index is 168. The number of aliphatic hydroxyl groups excluding tert-OH is 2. The zero-order valence-corrected chi connectivity index (χ0v) is 7.95. The third-order valence-electron chi connectivity index (χ3n) is 1.77. The van der Waals surface area contributed by atoms with Gasteiger partial charge in [0.15, 0.2) is 0 Å². The first-order chi connectivity index (χ1) is 5.93. The number of aliphatic hydroxyl groups is 2. The fourth-order valence-corrected chi connectivity index (χ4v) is 1.05. The summed E-state index contributed by atoms with van der Waals surface area (Å²) >= 11 is 0. The molecule has 5 heteroatoms. The molecule has 4 N–H and O–H groups in total. The highest BCUT2D eigenvalue weighted by molar-refractivity contribution is 5.67. The van der Waals surface area contributed by atoms with Crippen molar-refractivity contribution in [1.82, 2.24) is 5.32 Å². The maximum Gasteiger partial charge on any atom is 0.304 e. The van der Waals surface area contributed by atoms with E-state index >= 15 is 0 Å². The SMILES string of the molecule is CC(CC(=O)O)NC(C)(CO)CO. The molecule has 0 aromatic heterocycles. The zero-order chi connectivity index (χ0) is 10.5. The van der Waals surface area contributed by atoms with Gasteiger partial charge in [-0.1, -0.05) is 0 Å². The highest BCUT2D eigenvalue weighted by atomic mass is 16.4. The molecule has 0 aromatic carbocycles. The predicted molar refractivity (Wildman–Crippen MR) is 47.4 cm³/mol. The fourth-order valence-electron chi connectivity index (χ4n) is 1.05. The van der Waals surface area contributed by atoms with Gasteiger partial charge in [-0.2, -0.15) is 0 Å². The van der Waals surface area contributed by atoms with Gasteiger partial charge in [-0.15, -0.1) is 0 Å². The van der Waals surface area contributed by atoms with Crippen LogP contribution in [0.25, 0.3) is 0 Å². The molecular formula is C8H17NO4. The number of carboxylic acids is 1. The van der Waals surface area contributed by atoms with Gasteiger partial charge in [0.1, 0.15) is 0 Å². The second kappa shape index (κ2) is 5.16. The molecule has 0 aliphatic rings. The summed E-state index contributed by atoms with van der Waals surface area (Å²) in [6.07, 6.45) is -0.0322. The van der Waals surface area contributed by atoms with Crippen LogP contribution >= 0.6 is 0 Å². The molecule has 0 radical (unpaired) electrons. The second-order valence-electron chi connectivity index (χ2n) is 3.52. The van der Waals surface area contributed by atoms with Gasteiger partial charge in [0.2, 0.25) is 0 Å². The summed E-state index contributed by atoms with van der Waals surface area (Å²) in [7, 11) is 0. The number of aliphatic carboxylic acids is 1. The van der Waals surface area contributed by atoms with Gasteiger partial charge in [0.05, 0.1) is 25.2 Å². The third-order valence-corrected chi connectivity index (χ3v) is 1.77. The van der Waals surface area contributed by atoms with Crippen molar-refractivity contribution in [3.63, 3.8) is 0 Å². The second-order valence-corrected chi connectivity index (χ2v) is 3.52. The van der Waals surface area contributed by atoms with E-state index in [9.17, 15) is 4.79 Å². The lowest BCUT2D eigenvalue weighted by atomic mass is 10.0. The van der Waals surface area contributed by atoms with Crippen LogP contribution < -0.4 is 5.32 Å². The molecule has 78 valence electrons. The first kappa shape index (κ1) is 12.3. The lowest BCUT2D eigenvalue weighted by molar-refractivity contribution is -0.137. The third kappa shape index (κ3) is 4.82. The van der Waals surface area contributed by atoms with E-state index in [1.165, 1.54) is 0 Å². The van der Waals surface area contributed by atoms with Crippen molar-refractivity contribution in [2.75, 3.05) is 13.2 Å². The molecule has 0 fully saturated rings. The van der Waals surface area contributed by atoms with Crippen molar-refractivity contribution in [3.8, 4) is 0 Å². The number of rotatable bonds is 6. The topological polar surface area (TPSA) is 89.8 Å². The van der Waals surface area contributed by atoms with Crippen molar-refractivity contribution >= 4 is 5.97 Å². The molecule has 1 unspecified atom stereocenters. The van der Waals surface area contributed by atoms with Gasteiger partial charge in [-0.05, 0) is 13.8 Å². The van der Waals surface area contributed by atoms with E-state index in [2.05, 4.69) is 5.32 Å². The van der Waals surface area contributed by atoms with Crippen molar-refractivity contribution in [2.24, 2.45) is 0 Å². The summed E-state index contributed by atoms with van der Waals surface area (Å²) in [5.74, 6) is -0.904. The van der Waals surface area contributed by atoms with E-state index in [4.69, 9.17) is 15.3 Å². The van der Waals surface area contributed by atoms with Crippen molar-refractivity contribution in [2.45, 2.75) is 31.8 Å². The number of hydrogen-bond donors (Lipinski definition) is 4.